The number of hydrogen-bond donors (Lipinski definition) is 0. The predicted octanol–water partition coefficient (Wildman–Crippen LogP) is 3.69. The van der Waals surface area contributed by atoms with Crippen LogP contribution in [0.1, 0.15) is 0 Å². The van der Waals surface area contributed by atoms with Crippen molar-refractivity contribution in [3.63, 3.8) is 0 Å². The van der Waals surface area contributed by atoms with E-state index in [1.54, 1.807) is 0 Å². The maximum absolute atomic E-state index is 13.5. The number of hydrogen-bond acceptors (Lipinski definition) is 8. The lowest BCUT2D eigenvalue weighted by atomic mass is 10.3. The number of nitro benzene ring substituents is 2. The minimum absolute atomic E-state index is 0.0270. The number of nitro groups is 2. The SMILES string of the molecule is O=[N+]([O-])c1ccccc1S(=O)(=O)N(c1ccc(I)cc1)S(=O)(=O)c1ccccc1[N+](=O)[O-]. The number of halogens is 1. The van der Waals surface area contributed by atoms with Crippen LogP contribution in [0.25, 0.3) is 0 Å². The van der Waals surface area contributed by atoms with Gasteiger partial charge in [-0.25, -0.2) is 0 Å². The second-order valence-electron chi connectivity index (χ2n) is 6.13. The molecule has 166 valence electrons. The van der Waals surface area contributed by atoms with E-state index in [0.29, 0.717) is 3.57 Å². The monoisotopic (exact) mass is 589 g/mol. The van der Waals surface area contributed by atoms with Crippen LogP contribution in [0.3, 0.4) is 0 Å². The van der Waals surface area contributed by atoms with Crippen molar-refractivity contribution in [2.24, 2.45) is 0 Å². The topological polar surface area (TPSA) is 158 Å². The molecule has 0 saturated heterocycles. The number of sulfonamides is 2. The molecule has 0 heterocycles. The fourth-order valence-electron chi connectivity index (χ4n) is 2.80. The molecule has 0 radical (unpaired) electrons. The van der Waals surface area contributed by atoms with Gasteiger partial charge in [-0.15, -0.1) is 0 Å². The Bertz CT molecular complexity index is 1340. The van der Waals surface area contributed by atoms with Gasteiger partial charge in [-0.05, 0) is 59.0 Å². The van der Waals surface area contributed by atoms with Crippen LogP contribution in [0.5, 0.6) is 0 Å². The molecule has 0 unspecified atom stereocenters. The van der Waals surface area contributed by atoms with Crippen molar-refractivity contribution in [1.29, 1.82) is 0 Å². The summed E-state index contributed by atoms with van der Waals surface area (Å²) in [4.78, 5) is 19.1. The van der Waals surface area contributed by atoms with Crippen LogP contribution >= 0.6 is 22.6 Å². The number of rotatable bonds is 7. The van der Waals surface area contributed by atoms with E-state index >= 15 is 0 Å². The van der Waals surface area contributed by atoms with Gasteiger partial charge < -0.3 is 0 Å². The Balaban J connectivity index is 2.38. The summed E-state index contributed by atoms with van der Waals surface area (Å²) in [7, 11) is -10.2. The van der Waals surface area contributed by atoms with Crippen molar-refractivity contribution < 1.29 is 26.7 Å². The summed E-state index contributed by atoms with van der Waals surface area (Å²) in [6, 6.07) is 13.7. The smallest absolute Gasteiger partial charge is 0.258 e. The summed E-state index contributed by atoms with van der Waals surface area (Å²) in [6.07, 6.45) is 0. The molecule has 11 nitrogen and oxygen atoms in total. The Labute approximate surface area is 195 Å². The molecule has 0 spiro atoms. The van der Waals surface area contributed by atoms with Crippen LogP contribution in [0, 0.1) is 23.8 Å². The first-order chi connectivity index (χ1) is 15.0. The predicted molar refractivity (Wildman–Crippen MR) is 122 cm³/mol. The van der Waals surface area contributed by atoms with Crippen LogP contribution < -0.4 is 3.71 Å². The normalized spacial score (nSPS) is 11.7. The molecule has 3 rings (SSSR count). The van der Waals surface area contributed by atoms with Gasteiger partial charge in [-0.1, -0.05) is 24.3 Å². The lowest BCUT2D eigenvalue weighted by Crippen LogP contribution is -2.37. The molecule has 3 aromatic carbocycles. The Kier molecular flexibility index (Phi) is 6.47. The largest absolute Gasteiger partial charge is 0.289 e. The maximum Gasteiger partial charge on any atom is 0.289 e. The minimum atomic E-state index is -5.11. The highest BCUT2D eigenvalue weighted by Crippen LogP contribution is 2.36. The summed E-state index contributed by atoms with van der Waals surface area (Å²) in [5.74, 6) is 0. The van der Waals surface area contributed by atoms with E-state index < -0.39 is 51.1 Å². The summed E-state index contributed by atoms with van der Waals surface area (Å²) in [6.45, 7) is 0. The molecule has 0 saturated carbocycles. The highest BCUT2D eigenvalue weighted by Gasteiger charge is 2.42. The average molecular weight is 589 g/mol. The van der Waals surface area contributed by atoms with Crippen LogP contribution in [0.4, 0.5) is 17.1 Å². The molecule has 0 amide bonds. The molecule has 0 fully saturated rings. The molecule has 32 heavy (non-hydrogen) atoms. The number of para-hydroxylation sites is 2. The fourth-order valence-corrected chi connectivity index (χ4v) is 7.15. The van der Waals surface area contributed by atoms with Gasteiger partial charge in [0.25, 0.3) is 31.4 Å². The molecule has 0 aliphatic heterocycles. The summed E-state index contributed by atoms with van der Waals surface area (Å²) < 4.78 is 54.7. The van der Waals surface area contributed by atoms with E-state index in [1.165, 1.54) is 48.5 Å². The average Bonchev–Trinajstić information content (AvgIpc) is 2.75. The highest BCUT2D eigenvalue weighted by molar-refractivity contribution is 14.1. The minimum Gasteiger partial charge on any atom is -0.258 e. The van der Waals surface area contributed by atoms with E-state index in [0.717, 1.165) is 24.3 Å². The van der Waals surface area contributed by atoms with Crippen LogP contribution in [0.2, 0.25) is 0 Å². The van der Waals surface area contributed by atoms with Gasteiger partial charge in [0, 0.05) is 15.7 Å². The van der Waals surface area contributed by atoms with Crippen molar-refractivity contribution in [3.05, 3.63) is 96.6 Å². The van der Waals surface area contributed by atoms with Crippen molar-refractivity contribution in [2.45, 2.75) is 9.79 Å². The lowest BCUT2D eigenvalue weighted by molar-refractivity contribution is -0.388. The quantitative estimate of drug-likeness (QED) is 0.229. The first-order valence-electron chi connectivity index (χ1n) is 8.51. The summed E-state index contributed by atoms with van der Waals surface area (Å²) >= 11 is 1.92. The zero-order valence-electron chi connectivity index (χ0n) is 15.7. The molecular weight excluding hydrogens is 577 g/mol. The van der Waals surface area contributed by atoms with Crippen LogP contribution in [0.15, 0.2) is 82.6 Å². The van der Waals surface area contributed by atoms with Gasteiger partial charge in [-0.2, -0.15) is 20.5 Å². The molecular formula is C18H12IN3O8S2. The molecule has 0 N–H and O–H groups in total. The molecule has 0 aromatic heterocycles. The molecule has 0 aliphatic rings. The van der Waals surface area contributed by atoms with E-state index in [9.17, 15) is 37.1 Å². The standard InChI is InChI=1S/C18H12IN3O8S2/c19-13-9-11-14(12-10-13)22(31(27,28)17-7-3-1-5-15(17)20(23)24)32(29,30)18-8-4-2-6-16(18)21(25)26/h1-12H. The van der Waals surface area contributed by atoms with Gasteiger partial charge in [0.15, 0.2) is 9.79 Å². The fraction of sp³-hybridized carbons (Fsp3) is 0. The molecule has 0 bridgehead atoms. The van der Waals surface area contributed by atoms with Gasteiger partial charge in [0.2, 0.25) is 0 Å². The maximum atomic E-state index is 13.5. The molecule has 14 heteroatoms. The summed E-state index contributed by atoms with van der Waals surface area (Å²) in [5, 5.41) is 22.8. The Hall–Kier alpha value is -3.11. The van der Waals surface area contributed by atoms with E-state index in [4.69, 9.17) is 0 Å². The Morgan fingerprint density at radius 3 is 1.41 bits per heavy atom. The molecule has 0 atom stereocenters. The zero-order valence-corrected chi connectivity index (χ0v) is 19.5. The van der Waals surface area contributed by atoms with Crippen LogP contribution in [-0.4, -0.2) is 26.7 Å². The van der Waals surface area contributed by atoms with Gasteiger partial charge in [0.05, 0.1) is 15.5 Å². The summed E-state index contributed by atoms with van der Waals surface area (Å²) in [5.41, 5.74) is -2.07. The van der Waals surface area contributed by atoms with Crippen LogP contribution in [-0.2, 0) is 20.0 Å². The lowest BCUT2D eigenvalue weighted by Gasteiger charge is -2.24. The van der Waals surface area contributed by atoms with E-state index in [2.05, 4.69) is 0 Å². The molecule has 3 aromatic rings. The van der Waals surface area contributed by atoms with Gasteiger partial charge >= 0.3 is 0 Å². The van der Waals surface area contributed by atoms with E-state index in [1.807, 2.05) is 22.6 Å². The van der Waals surface area contributed by atoms with Crippen molar-refractivity contribution >= 4 is 59.7 Å². The van der Waals surface area contributed by atoms with Crippen molar-refractivity contribution in [2.75, 3.05) is 3.71 Å². The first-order valence-corrected chi connectivity index (χ1v) is 12.5. The number of nitrogens with zero attached hydrogens (tertiary/aromatic N) is 3. The van der Waals surface area contributed by atoms with E-state index in [-0.39, 0.29) is 9.40 Å². The number of anilines is 1. The van der Waals surface area contributed by atoms with Crippen molar-refractivity contribution in [1.82, 2.24) is 0 Å². The third kappa shape index (κ3) is 4.28. The van der Waals surface area contributed by atoms with Gasteiger partial charge in [-0.3, -0.25) is 20.2 Å². The second kappa shape index (κ2) is 8.79. The Morgan fingerprint density at radius 2 is 1.03 bits per heavy atom. The second-order valence-corrected chi connectivity index (χ2v) is 11.1. The third-order valence-corrected chi connectivity index (χ3v) is 9.15. The third-order valence-electron chi connectivity index (χ3n) is 4.15. The Morgan fingerprint density at radius 1 is 0.656 bits per heavy atom. The molecule has 0 aliphatic carbocycles. The highest BCUT2D eigenvalue weighted by atomic mass is 127. The number of benzene rings is 3. The zero-order chi connectivity index (χ0) is 23.7. The first kappa shape index (κ1) is 23.6. The van der Waals surface area contributed by atoms with Crippen molar-refractivity contribution in [3.8, 4) is 0 Å². The van der Waals surface area contributed by atoms with Gasteiger partial charge in [0.1, 0.15) is 0 Å².